The van der Waals surface area contributed by atoms with Crippen LogP contribution in [0.1, 0.15) is 19.8 Å². The van der Waals surface area contributed by atoms with E-state index in [1.807, 2.05) is 0 Å². The van der Waals surface area contributed by atoms with Crippen LogP contribution in [0.4, 0.5) is 4.39 Å². The molecule has 1 aliphatic rings. The van der Waals surface area contributed by atoms with Gasteiger partial charge in [0.15, 0.2) is 0 Å². The molecule has 1 saturated heterocycles. The summed E-state index contributed by atoms with van der Waals surface area (Å²) in [5.74, 6) is 0. The molecule has 66 valence electrons. The van der Waals surface area contributed by atoms with Crippen LogP contribution in [-0.2, 0) is 0 Å². The number of hydrogen-bond acceptors (Lipinski definition) is 2. The average Bonchev–Trinajstić information content (AvgIpc) is 2.26. The molecule has 1 atom stereocenters. The number of alkyl halides is 1. The van der Waals surface area contributed by atoms with Gasteiger partial charge in [-0.2, -0.15) is 0 Å². The van der Waals surface area contributed by atoms with Gasteiger partial charge in [0, 0.05) is 13.1 Å². The van der Waals surface area contributed by atoms with Crippen LogP contribution in [0.3, 0.4) is 0 Å². The normalized spacial score (nSPS) is 33.0. The van der Waals surface area contributed by atoms with Crippen LogP contribution in [0.15, 0.2) is 0 Å². The first-order valence-electron chi connectivity index (χ1n) is 4.25. The third-order valence-electron chi connectivity index (χ3n) is 2.18. The van der Waals surface area contributed by atoms with Crippen LogP contribution < -0.4 is 5.73 Å². The fourth-order valence-electron chi connectivity index (χ4n) is 1.52. The molecule has 11 heavy (non-hydrogen) atoms. The summed E-state index contributed by atoms with van der Waals surface area (Å²) < 4.78 is 13.2. The van der Waals surface area contributed by atoms with Gasteiger partial charge in [-0.1, -0.05) is 0 Å². The number of rotatable bonds is 3. The minimum atomic E-state index is -0.950. The van der Waals surface area contributed by atoms with Crippen molar-refractivity contribution in [2.75, 3.05) is 26.2 Å². The Balaban J connectivity index is 2.20. The van der Waals surface area contributed by atoms with E-state index >= 15 is 0 Å². The fourth-order valence-corrected chi connectivity index (χ4v) is 1.52. The van der Waals surface area contributed by atoms with Crippen LogP contribution in [0.25, 0.3) is 0 Å². The van der Waals surface area contributed by atoms with Gasteiger partial charge in [-0.25, -0.2) is 4.39 Å². The van der Waals surface area contributed by atoms with Crippen LogP contribution in [0, 0.1) is 0 Å². The van der Waals surface area contributed by atoms with Crippen LogP contribution in [0.5, 0.6) is 0 Å². The molecule has 2 N–H and O–H groups in total. The van der Waals surface area contributed by atoms with Crippen LogP contribution in [-0.4, -0.2) is 36.7 Å². The first-order chi connectivity index (χ1) is 5.14. The molecule has 0 radical (unpaired) electrons. The summed E-state index contributed by atoms with van der Waals surface area (Å²) in [6, 6.07) is 0. The smallest absolute Gasteiger partial charge is 0.122 e. The standard InChI is InChI=1S/C8H17FN2/c1-8(9)3-6-11(7-8)5-2-4-10/h2-7,10H2,1H3. The van der Waals surface area contributed by atoms with Gasteiger partial charge in [0.05, 0.1) is 0 Å². The Hall–Kier alpha value is -0.150. The lowest BCUT2D eigenvalue weighted by atomic mass is 10.1. The van der Waals surface area contributed by atoms with Crippen molar-refractivity contribution in [1.29, 1.82) is 0 Å². The molecule has 1 aliphatic heterocycles. The average molecular weight is 160 g/mol. The van der Waals surface area contributed by atoms with Gasteiger partial charge in [-0.05, 0) is 32.9 Å². The summed E-state index contributed by atoms with van der Waals surface area (Å²) in [5, 5.41) is 0. The molecule has 2 nitrogen and oxygen atoms in total. The first-order valence-corrected chi connectivity index (χ1v) is 4.25. The van der Waals surface area contributed by atoms with E-state index < -0.39 is 5.67 Å². The molecular formula is C8H17FN2. The van der Waals surface area contributed by atoms with Gasteiger partial charge in [0.2, 0.25) is 0 Å². The highest BCUT2D eigenvalue weighted by molar-refractivity contribution is 4.86. The Bertz CT molecular complexity index is 125. The maximum Gasteiger partial charge on any atom is 0.122 e. The van der Waals surface area contributed by atoms with Crippen molar-refractivity contribution in [1.82, 2.24) is 4.90 Å². The summed E-state index contributed by atoms with van der Waals surface area (Å²) in [6.07, 6.45) is 1.66. The lowest BCUT2D eigenvalue weighted by Crippen LogP contribution is -2.28. The summed E-state index contributed by atoms with van der Waals surface area (Å²) >= 11 is 0. The van der Waals surface area contributed by atoms with Crippen molar-refractivity contribution in [3.05, 3.63) is 0 Å². The van der Waals surface area contributed by atoms with E-state index in [1.54, 1.807) is 6.92 Å². The number of likely N-dealkylation sites (tertiary alicyclic amines) is 1. The van der Waals surface area contributed by atoms with Crippen molar-refractivity contribution >= 4 is 0 Å². The van der Waals surface area contributed by atoms with Gasteiger partial charge < -0.3 is 10.6 Å². The predicted molar refractivity (Wildman–Crippen MR) is 44.2 cm³/mol. The van der Waals surface area contributed by atoms with E-state index in [1.165, 1.54) is 0 Å². The number of hydrogen-bond donors (Lipinski definition) is 1. The summed E-state index contributed by atoms with van der Waals surface area (Å²) in [7, 11) is 0. The second-order valence-electron chi connectivity index (χ2n) is 3.58. The number of nitrogens with zero attached hydrogens (tertiary/aromatic N) is 1. The number of halogens is 1. The molecule has 0 bridgehead atoms. The molecule has 3 heteroatoms. The maximum absolute atomic E-state index is 13.2. The largest absolute Gasteiger partial charge is 0.330 e. The molecule has 0 amide bonds. The Morgan fingerprint density at radius 1 is 1.64 bits per heavy atom. The molecule has 1 fully saturated rings. The van der Waals surface area contributed by atoms with E-state index in [4.69, 9.17) is 5.73 Å². The molecule has 0 aromatic carbocycles. The molecule has 1 heterocycles. The molecule has 0 aromatic heterocycles. The highest BCUT2D eigenvalue weighted by Gasteiger charge is 2.32. The molecule has 0 aliphatic carbocycles. The van der Waals surface area contributed by atoms with Crippen LogP contribution in [0.2, 0.25) is 0 Å². The lowest BCUT2D eigenvalue weighted by molar-refractivity contribution is 0.188. The fraction of sp³-hybridized carbons (Fsp3) is 1.00. The van der Waals surface area contributed by atoms with Crippen molar-refractivity contribution in [2.45, 2.75) is 25.4 Å². The predicted octanol–water partition coefficient (Wildman–Crippen LogP) is 0.769. The van der Waals surface area contributed by atoms with Gasteiger partial charge in [0.25, 0.3) is 0 Å². The van der Waals surface area contributed by atoms with Gasteiger partial charge in [-0.15, -0.1) is 0 Å². The second-order valence-corrected chi connectivity index (χ2v) is 3.58. The molecule has 1 rings (SSSR count). The lowest BCUT2D eigenvalue weighted by Gasteiger charge is -2.16. The van der Waals surface area contributed by atoms with Crippen molar-refractivity contribution in [3.8, 4) is 0 Å². The van der Waals surface area contributed by atoms with E-state index in [9.17, 15) is 4.39 Å². The molecule has 0 spiro atoms. The zero-order chi connectivity index (χ0) is 8.32. The van der Waals surface area contributed by atoms with Gasteiger partial charge in [-0.3, -0.25) is 0 Å². The third-order valence-corrected chi connectivity index (χ3v) is 2.18. The Labute approximate surface area is 67.6 Å². The van der Waals surface area contributed by atoms with E-state index in [0.717, 1.165) is 19.5 Å². The van der Waals surface area contributed by atoms with Crippen molar-refractivity contribution in [2.24, 2.45) is 5.73 Å². The van der Waals surface area contributed by atoms with Crippen molar-refractivity contribution < 1.29 is 4.39 Å². The minimum Gasteiger partial charge on any atom is -0.330 e. The Morgan fingerprint density at radius 2 is 2.36 bits per heavy atom. The summed E-state index contributed by atoms with van der Waals surface area (Å²) in [6.45, 7) is 4.82. The first kappa shape index (κ1) is 8.94. The van der Waals surface area contributed by atoms with Crippen molar-refractivity contribution in [3.63, 3.8) is 0 Å². The highest BCUT2D eigenvalue weighted by Crippen LogP contribution is 2.24. The molecule has 0 saturated carbocycles. The van der Waals surface area contributed by atoms with E-state index in [2.05, 4.69) is 4.90 Å². The summed E-state index contributed by atoms with van der Waals surface area (Å²) in [4.78, 5) is 2.15. The maximum atomic E-state index is 13.2. The zero-order valence-electron chi connectivity index (χ0n) is 7.15. The van der Waals surface area contributed by atoms with Gasteiger partial charge in [0.1, 0.15) is 5.67 Å². The zero-order valence-corrected chi connectivity index (χ0v) is 7.15. The van der Waals surface area contributed by atoms with Gasteiger partial charge >= 0.3 is 0 Å². The second kappa shape index (κ2) is 3.50. The Kier molecular flexibility index (Phi) is 2.84. The molecule has 1 unspecified atom stereocenters. The highest BCUT2D eigenvalue weighted by atomic mass is 19.1. The number of nitrogens with two attached hydrogens (primary N) is 1. The molecular weight excluding hydrogens is 143 g/mol. The Morgan fingerprint density at radius 3 is 2.82 bits per heavy atom. The monoisotopic (exact) mass is 160 g/mol. The summed E-state index contributed by atoms with van der Waals surface area (Å²) in [5.41, 5.74) is 4.40. The molecule has 0 aromatic rings. The minimum absolute atomic E-state index is 0.590. The van der Waals surface area contributed by atoms with E-state index in [0.29, 0.717) is 19.5 Å². The van der Waals surface area contributed by atoms with E-state index in [-0.39, 0.29) is 0 Å². The quantitative estimate of drug-likeness (QED) is 0.660. The van der Waals surface area contributed by atoms with Crippen LogP contribution >= 0.6 is 0 Å². The SMILES string of the molecule is CC1(F)CCN(CCCN)C1. The third kappa shape index (κ3) is 2.75. The topological polar surface area (TPSA) is 29.3 Å².